The lowest BCUT2D eigenvalue weighted by molar-refractivity contribution is -0.137. The van der Waals surface area contributed by atoms with E-state index in [9.17, 15) is 9.90 Å². The second-order valence-electron chi connectivity index (χ2n) is 5.17. The second-order valence-corrected chi connectivity index (χ2v) is 5.17. The Bertz CT molecular complexity index is 201. The van der Waals surface area contributed by atoms with Gasteiger partial charge in [-0.05, 0) is 31.6 Å². The number of aliphatic carboxylic acids is 1. The van der Waals surface area contributed by atoms with Crippen LogP contribution in [0, 0.1) is 5.92 Å². The first kappa shape index (κ1) is 15.4. The van der Waals surface area contributed by atoms with Crippen molar-refractivity contribution in [2.75, 3.05) is 0 Å². The zero-order chi connectivity index (χ0) is 12.6. The van der Waals surface area contributed by atoms with Crippen molar-refractivity contribution >= 4 is 5.97 Å². The summed E-state index contributed by atoms with van der Waals surface area (Å²) in [5.41, 5.74) is -0.653. The summed E-state index contributed by atoms with van der Waals surface area (Å²) < 4.78 is 0. The molecule has 3 nitrogen and oxygen atoms in total. The van der Waals surface area contributed by atoms with E-state index in [4.69, 9.17) is 5.11 Å². The molecule has 0 saturated carbocycles. The molecule has 0 aromatic heterocycles. The highest BCUT2D eigenvalue weighted by atomic mass is 16.4. The van der Waals surface area contributed by atoms with Gasteiger partial charge in [-0.1, -0.05) is 33.6 Å². The highest BCUT2D eigenvalue weighted by molar-refractivity contribution is 5.66. The Balaban J connectivity index is 4.12. The Morgan fingerprint density at radius 1 is 1.25 bits per heavy atom. The molecule has 0 aliphatic rings. The number of aliphatic hydroxyl groups is 1. The summed E-state index contributed by atoms with van der Waals surface area (Å²) >= 11 is 0. The average Bonchev–Trinajstić information content (AvgIpc) is 2.13. The van der Waals surface area contributed by atoms with Crippen molar-refractivity contribution in [2.24, 2.45) is 5.92 Å². The molecular weight excluding hydrogens is 204 g/mol. The van der Waals surface area contributed by atoms with Crippen LogP contribution in [0.1, 0.15) is 65.7 Å². The van der Waals surface area contributed by atoms with Crippen molar-refractivity contribution in [1.82, 2.24) is 0 Å². The predicted molar refractivity (Wildman–Crippen MR) is 65.4 cm³/mol. The van der Waals surface area contributed by atoms with Crippen molar-refractivity contribution in [1.29, 1.82) is 0 Å². The van der Waals surface area contributed by atoms with E-state index >= 15 is 0 Å². The number of carboxylic acid groups (broad SMARTS) is 1. The van der Waals surface area contributed by atoms with Gasteiger partial charge in [0.1, 0.15) is 0 Å². The molecule has 0 fully saturated rings. The number of carboxylic acids is 1. The van der Waals surface area contributed by atoms with Crippen LogP contribution in [0.4, 0.5) is 0 Å². The number of carbonyl (C=O) groups is 1. The first-order valence-electron chi connectivity index (χ1n) is 6.34. The van der Waals surface area contributed by atoms with Gasteiger partial charge in [-0.2, -0.15) is 0 Å². The van der Waals surface area contributed by atoms with E-state index < -0.39 is 11.6 Å². The Morgan fingerprint density at radius 3 is 2.25 bits per heavy atom. The topological polar surface area (TPSA) is 57.5 Å². The SMILES string of the molecule is CCCCC(O)(CCCC(=O)O)CC(C)C. The van der Waals surface area contributed by atoms with Crippen LogP contribution >= 0.6 is 0 Å². The molecule has 3 heteroatoms. The minimum absolute atomic E-state index is 0.159. The van der Waals surface area contributed by atoms with Gasteiger partial charge >= 0.3 is 5.97 Å². The van der Waals surface area contributed by atoms with Crippen LogP contribution in [0.2, 0.25) is 0 Å². The van der Waals surface area contributed by atoms with E-state index in [1.807, 2.05) is 0 Å². The molecule has 1 atom stereocenters. The minimum Gasteiger partial charge on any atom is -0.481 e. The molecule has 0 saturated heterocycles. The summed E-state index contributed by atoms with van der Waals surface area (Å²) in [6, 6.07) is 0. The molecule has 1 unspecified atom stereocenters. The minimum atomic E-state index is -0.776. The van der Waals surface area contributed by atoms with Gasteiger partial charge in [0.2, 0.25) is 0 Å². The zero-order valence-electron chi connectivity index (χ0n) is 10.8. The fraction of sp³-hybridized carbons (Fsp3) is 0.923. The smallest absolute Gasteiger partial charge is 0.303 e. The van der Waals surface area contributed by atoms with Crippen molar-refractivity contribution in [3.05, 3.63) is 0 Å². The van der Waals surface area contributed by atoms with Crippen LogP contribution in [0.5, 0.6) is 0 Å². The third-order valence-electron chi connectivity index (χ3n) is 2.82. The third-order valence-corrected chi connectivity index (χ3v) is 2.82. The lowest BCUT2D eigenvalue weighted by atomic mass is 9.83. The molecule has 0 aromatic carbocycles. The van der Waals surface area contributed by atoms with Gasteiger partial charge < -0.3 is 10.2 Å². The number of unbranched alkanes of at least 4 members (excludes halogenated alkanes) is 1. The molecule has 0 spiro atoms. The van der Waals surface area contributed by atoms with Gasteiger partial charge in [0.05, 0.1) is 5.60 Å². The first-order chi connectivity index (χ1) is 7.39. The lowest BCUT2D eigenvalue weighted by Gasteiger charge is -2.30. The van der Waals surface area contributed by atoms with Gasteiger partial charge in [0, 0.05) is 6.42 Å². The molecule has 16 heavy (non-hydrogen) atoms. The highest BCUT2D eigenvalue weighted by Crippen LogP contribution is 2.28. The van der Waals surface area contributed by atoms with Gasteiger partial charge in [-0.15, -0.1) is 0 Å². The van der Waals surface area contributed by atoms with E-state index in [-0.39, 0.29) is 6.42 Å². The Labute approximate surface area is 98.9 Å². The van der Waals surface area contributed by atoms with Crippen LogP contribution in [0.3, 0.4) is 0 Å². The number of rotatable bonds is 9. The standard InChI is InChI=1S/C13H26O3/c1-4-5-8-13(16,10-11(2)3)9-6-7-12(14)15/h11,16H,4-10H2,1-3H3,(H,14,15). The maximum absolute atomic E-state index is 10.4. The summed E-state index contributed by atoms with van der Waals surface area (Å²) in [5, 5.41) is 19.0. The molecule has 96 valence electrons. The van der Waals surface area contributed by atoms with E-state index in [0.29, 0.717) is 18.8 Å². The zero-order valence-corrected chi connectivity index (χ0v) is 10.8. The van der Waals surface area contributed by atoms with E-state index in [2.05, 4.69) is 20.8 Å². The van der Waals surface area contributed by atoms with E-state index in [1.54, 1.807) is 0 Å². The predicted octanol–water partition coefficient (Wildman–Crippen LogP) is 3.21. The Hall–Kier alpha value is -0.570. The average molecular weight is 230 g/mol. The van der Waals surface area contributed by atoms with Crippen LogP contribution in [-0.4, -0.2) is 21.8 Å². The summed E-state index contributed by atoms with van der Waals surface area (Å²) in [6.07, 6.45) is 4.98. The number of hydrogen-bond donors (Lipinski definition) is 2. The van der Waals surface area contributed by atoms with Crippen LogP contribution in [-0.2, 0) is 4.79 Å². The molecular formula is C13H26O3. The lowest BCUT2D eigenvalue weighted by Crippen LogP contribution is -2.30. The molecule has 0 aliphatic carbocycles. The van der Waals surface area contributed by atoms with Gasteiger partial charge in [0.25, 0.3) is 0 Å². The second kappa shape index (κ2) is 7.66. The fourth-order valence-corrected chi connectivity index (χ4v) is 2.16. The maximum atomic E-state index is 10.4. The highest BCUT2D eigenvalue weighted by Gasteiger charge is 2.26. The van der Waals surface area contributed by atoms with Crippen LogP contribution in [0.25, 0.3) is 0 Å². The normalized spacial score (nSPS) is 15.1. The summed E-state index contributed by atoms with van der Waals surface area (Å²) in [4.78, 5) is 10.4. The molecule has 0 bridgehead atoms. The van der Waals surface area contributed by atoms with E-state index in [1.165, 1.54) is 0 Å². The summed E-state index contributed by atoms with van der Waals surface area (Å²) in [5.74, 6) is -0.325. The quantitative estimate of drug-likeness (QED) is 0.639. The molecule has 2 N–H and O–H groups in total. The molecule has 0 aromatic rings. The molecule has 0 amide bonds. The molecule has 0 radical (unpaired) electrons. The largest absolute Gasteiger partial charge is 0.481 e. The number of hydrogen-bond acceptors (Lipinski definition) is 2. The fourth-order valence-electron chi connectivity index (χ4n) is 2.16. The Kier molecular flexibility index (Phi) is 7.39. The maximum Gasteiger partial charge on any atom is 0.303 e. The summed E-state index contributed by atoms with van der Waals surface area (Å²) in [7, 11) is 0. The summed E-state index contributed by atoms with van der Waals surface area (Å²) in [6.45, 7) is 6.29. The van der Waals surface area contributed by atoms with Gasteiger partial charge in [-0.25, -0.2) is 0 Å². The van der Waals surface area contributed by atoms with Gasteiger partial charge in [-0.3, -0.25) is 4.79 Å². The van der Waals surface area contributed by atoms with Gasteiger partial charge in [0.15, 0.2) is 0 Å². The Morgan fingerprint density at radius 2 is 1.81 bits per heavy atom. The van der Waals surface area contributed by atoms with Crippen molar-refractivity contribution in [3.8, 4) is 0 Å². The third kappa shape index (κ3) is 7.69. The van der Waals surface area contributed by atoms with E-state index in [0.717, 1.165) is 25.7 Å². The van der Waals surface area contributed by atoms with Crippen molar-refractivity contribution < 1.29 is 15.0 Å². The molecule has 0 aliphatic heterocycles. The molecule has 0 heterocycles. The van der Waals surface area contributed by atoms with Crippen molar-refractivity contribution in [2.45, 2.75) is 71.3 Å². The monoisotopic (exact) mass is 230 g/mol. The molecule has 0 rings (SSSR count). The van der Waals surface area contributed by atoms with Crippen LogP contribution in [0.15, 0.2) is 0 Å². The van der Waals surface area contributed by atoms with Crippen LogP contribution < -0.4 is 0 Å². The first-order valence-corrected chi connectivity index (χ1v) is 6.34. The van der Waals surface area contributed by atoms with Crippen molar-refractivity contribution in [3.63, 3.8) is 0 Å².